The molecule has 0 aromatic heterocycles. The molecule has 0 fully saturated rings. The van der Waals surface area contributed by atoms with Crippen LogP contribution >= 0.6 is 0 Å². The molecule has 1 aromatic rings. The number of benzene rings is 1. The van der Waals surface area contributed by atoms with Crippen molar-refractivity contribution in [3.05, 3.63) is 23.8 Å². The maximum Gasteiger partial charge on any atom is 0.184 e. The second-order valence-corrected chi connectivity index (χ2v) is 4.52. The van der Waals surface area contributed by atoms with E-state index in [2.05, 4.69) is 0 Å². The molecular weight excluding hydrogens is 210 g/mol. The lowest BCUT2D eigenvalue weighted by molar-refractivity contribution is 0.452. The largest absolute Gasteiger partial charge is 0.397 e. The molecule has 0 spiro atoms. The highest BCUT2D eigenvalue weighted by atomic mass is 19.2. The molecule has 0 unspecified atom stereocenters. The number of nitrogen functional groups attached to an aromatic ring is 1. The molecule has 0 aliphatic heterocycles. The summed E-state index contributed by atoms with van der Waals surface area (Å²) in [4.78, 5) is 1.68. The van der Waals surface area contributed by atoms with Crippen LogP contribution in [-0.4, -0.2) is 12.6 Å². The minimum atomic E-state index is -0.885. The number of rotatable bonds is 3. The fourth-order valence-corrected chi connectivity index (χ4v) is 1.44. The zero-order valence-electron chi connectivity index (χ0n) is 10.1. The Balaban J connectivity index is 3.28. The number of nitrogens with zero attached hydrogens (tertiary/aromatic N) is 1. The lowest BCUT2D eigenvalue weighted by Crippen LogP contribution is -2.41. The van der Waals surface area contributed by atoms with Crippen LogP contribution in [0.4, 0.5) is 20.2 Å². The summed E-state index contributed by atoms with van der Waals surface area (Å²) in [7, 11) is 1.72. The molecule has 0 aliphatic rings. The Morgan fingerprint density at radius 3 is 2.38 bits per heavy atom. The van der Waals surface area contributed by atoms with Crippen LogP contribution in [0.3, 0.4) is 0 Å². The number of halogens is 2. The maximum absolute atomic E-state index is 13.7. The number of nitrogens with two attached hydrogens (primary N) is 1. The first-order valence-electron chi connectivity index (χ1n) is 5.28. The van der Waals surface area contributed by atoms with Gasteiger partial charge in [0.2, 0.25) is 0 Å². The molecule has 90 valence electrons. The van der Waals surface area contributed by atoms with Crippen molar-refractivity contribution in [3.63, 3.8) is 0 Å². The topological polar surface area (TPSA) is 29.3 Å². The summed E-state index contributed by atoms with van der Waals surface area (Å²) in [5, 5.41) is 0. The number of hydrogen-bond acceptors (Lipinski definition) is 2. The first-order chi connectivity index (χ1) is 7.31. The van der Waals surface area contributed by atoms with Crippen LogP contribution in [-0.2, 0) is 0 Å². The van der Waals surface area contributed by atoms with Gasteiger partial charge in [-0.2, -0.15) is 0 Å². The molecule has 16 heavy (non-hydrogen) atoms. The lowest BCUT2D eigenvalue weighted by atomic mass is 9.98. The fraction of sp³-hybridized carbons (Fsp3) is 0.500. The van der Waals surface area contributed by atoms with Gasteiger partial charge < -0.3 is 10.6 Å². The second-order valence-electron chi connectivity index (χ2n) is 4.52. The summed E-state index contributed by atoms with van der Waals surface area (Å²) in [6.07, 6.45) is 0.804. The van der Waals surface area contributed by atoms with E-state index in [1.165, 1.54) is 6.07 Å². The van der Waals surface area contributed by atoms with Gasteiger partial charge in [-0.1, -0.05) is 6.92 Å². The van der Waals surface area contributed by atoms with E-state index in [0.29, 0.717) is 0 Å². The Morgan fingerprint density at radius 1 is 1.31 bits per heavy atom. The SMILES string of the molecule is CCC(C)(C)N(C)c1c(N)ccc(F)c1F. The van der Waals surface area contributed by atoms with E-state index in [-0.39, 0.29) is 16.9 Å². The minimum Gasteiger partial charge on any atom is -0.397 e. The minimum absolute atomic E-state index is 0.131. The van der Waals surface area contributed by atoms with Gasteiger partial charge in [-0.25, -0.2) is 8.78 Å². The first kappa shape index (κ1) is 12.7. The summed E-state index contributed by atoms with van der Waals surface area (Å²) in [5.41, 5.74) is 5.80. The summed E-state index contributed by atoms with van der Waals surface area (Å²) in [5.74, 6) is -1.76. The molecule has 0 aliphatic carbocycles. The number of hydrogen-bond donors (Lipinski definition) is 1. The third-order valence-corrected chi connectivity index (χ3v) is 3.21. The van der Waals surface area contributed by atoms with Crippen molar-refractivity contribution in [2.75, 3.05) is 17.7 Å². The molecule has 0 bridgehead atoms. The van der Waals surface area contributed by atoms with Gasteiger partial charge in [-0.05, 0) is 32.4 Å². The third kappa shape index (κ3) is 2.10. The highest BCUT2D eigenvalue weighted by Gasteiger charge is 2.26. The van der Waals surface area contributed by atoms with E-state index in [0.717, 1.165) is 12.5 Å². The Kier molecular flexibility index (Phi) is 3.41. The summed E-state index contributed by atoms with van der Waals surface area (Å²) >= 11 is 0. The van der Waals surface area contributed by atoms with Crippen LogP contribution in [0.25, 0.3) is 0 Å². The van der Waals surface area contributed by atoms with E-state index in [1.54, 1.807) is 11.9 Å². The van der Waals surface area contributed by atoms with Crippen molar-refractivity contribution < 1.29 is 8.78 Å². The average molecular weight is 228 g/mol. The molecule has 2 N–H and O–H groups in total. The predicted octanol–water partition coefficient (Wildman–Crippen LogP) is 3.17. The standard InChI is InChI=1S/C12H18F2N2/c1-5-12(2,3)16(4)11-9(15)7-6-8(13)10(11)14/h6-7H,5,15H2,1-4H3. The van der Waals surface area contributed by atoms with Crippen molar-refractivity contribution in [2.45, 2.75) is 32.7 Å². The van der Waals surface area contributed by atoms with Gasteiger partial charge in [0.15, 0.2) is 11.6 Å². The molecule has 1 rings (SSSR count). The van der Waals surface area contributed by atoms with Crippen LogP contribution in [0, 0.1) is 11.6 Å². The van der Waals surface area contributed by atoms with Gasteiger partial charge in [0.25, 0.3) is 0 Å². The molecule has 0 saturated carbocycles. The van der Waals surface area contributed by atoms with E-state index in [4.69, 9.17) is 5.73 Å². The van der Waals surface area contributed by atoms with E-state index >= 15 is 0 Å². The predicted molar refractivity (Wildman–Crippen MR) is 63.5 cm³/mol. The maximum atomic E-state index is 13.7. The van der Waals surface area contributed by atoms with Crippen molar-refractivity contribution in [2.24, 2.45) is 0 Å². The molecule has 0 heterocycles. The van der Waals surface area contributed by atoms with Gasteiger partial charge in [-0.3, -0.25) is 0 Å². The van der Waals surface area contributed by atoms with Gasteiger partial charge in [0.05, 0.1) is 11.4 Å². The molecule has 1 aromatic carbocycles. The Morgan fingerprint density at radius 2 is 1.88 bits per heavy atom. The molecular formula is C12H18F2N2. The van der Waals surface area contributed by atoms with Gasteiger partial charge in [0.1, 0.15) is 0 Å². The average Bonchev–Trinajstić information content (AvgIpc) is 2.24. The molecule has 0 atom stereocenters. The Labute approximate surface area is 95.1 Å². The highest BCUT2D eigenvalue weighted by molar-refractivity contribution is 5.69. The molecule has 2 nitrogen and oxygen atoms in total. The van der Waals surface area contributed by atoms with Crippen molar-refractivity contribution in [3.8, 4) is 0 Å². The summed E-state index contributed by atoms with van der Waals surface area (Å²) in [6.45, 7) is 5.90. The summed E-state index contributed by atoms with van der Waals surface area (Å²) in [6, 6.07) is 2.43. The highest BCUT2D eigenvalue weighted by Crippen LogP contribution is 2.33. The van der Waals surface area contributed by atoms with Crippen molar-refractivity contribution in [1.82, 2.24) is 0 Å². The monoisotopic (exact) mass is 228 g/mol. The fourth-order valence-electron chi connectivity index (χ4n) is 1.44. The Hall–Kier alpha value is -1.32. The van der Waals surface area contributed by atoms with E-state index < -0.39 is 11.6 Å². The van der Waals surface area contributed by atoms with Crippen LogP contribution in [0.2, 0.25) is 0 Å². The third-order valence-electron chi connectivity index (χ3n) is 3.21. The lowest BCUT2D eigenvalue weighted by Gasteiger charge is -2.37. The summed E-state index contributed by atoms with van der Waals surface area (Å²) < 4.78 is 26.8. The Bertz CT molecular complexity index is 389. The number of anilines is 2. The van der Waals surface area contributed by atoms with E-state index in [1.807, 2.05) is 20.8 Å². The van der Waals surface area contributed by atoms with Crippen LogP contribution in [0.15, 0.2) is 12.1 Å². The van der Waals surface area contributed by atoms with Crippen molar-refractivity contribution in [1.29, 1.82) is 0 Å². The smallest absolute Gasteiger partial charge is 0.184 e. The van der Waals surface area contributed by atoms with Gasteiger partial charge in [-0.15, -0.1) is 0 Å². The van der Waals surface area contributed by atoms with E-state index in [9.17, 15) is 8.78 Å². The normalized spacial score (nSPS) is 11.6. The quantitative estimate of drug-likeness (QED) is 0.805. The molecule has 0 radical (unpaired) electrons. The second kappa shape index (κ2) is 4.28. The zero-order valence-corrected chi connectivity index (χ0v) is 10.1. The molecule has 0 amide bonds. The van der Waals surface area contributed by atoms with Crippen molar-refractivity contribution >= 4 is 11.4 Å². The van der Waals surface area contributed by atoms with Crippen LogP contribution in [0.5, 0.6) is 0 Å². The van der Waals surface area contributed by atoms with Crippen LogP contribution in [0.1, 0.15) is 27.2 Å². The molecule has 4 heteroatoms. The van der Waals surface area contributed by atoms with Gasteiger partial charge in [0, 0.05) is 12.6 Å². The first-order valence-corrected chi connectivity index (χ1v) is 5.28. The van der Waals surface area contributed by atoms with Crippen LogP contribution < -0.4 is 10.6 Å². The van der Waals surface area contributed by atoms with Gasteiger partial charge >= 0.3 is 0 Å². The molecule has 0 saturated heterocycles. The zero-order chi connectivity index (χ0) is 12.5.